The van der Waals surface area contributed by atoms with Crippen molar-refractivity contribution < 1.29 is 28.6 Å². The number of hydrogen-bond acceptors (Lipinski definition) is 8. The summed E-state index contributed by atoms with van der Waals surface area (Å²) in [6.07, 6.45) is 1.89. The fourth-order valence-electron chi connectivity index (χ4n) is 4.71. The van der Waals surface area contributed by atoms with E-state index in [0.29, 0.717) is 11.3 Å². The van der Waals surface area contributed by atoms with Crippen LogP contribution in [0.5, 0.6) is 11.5 Å². The molecule has 1 unspecified atom stereocenters. The summed E-state index contributed by atoms with van der Waals surface area (Å²) in [5, 5.41) is 3.54. The van der Waals surface area contributed by atoms with E-state index in [0.717, 1.165) is 43.1 Å². The lowest BCUT2D eigenvalue weighted by Gasteiger charge is -2.35. The Balaban J connectivity index is 1.18. The fraction of sp³-hybridized carbons (Fsp3) is 0.400. The van der Waals surface area contributed by atoms with Gasteiger partial charge in [0.25, 0.3) is 5.91 Å². The number of imide groups is 1. The minimum Gasteiger partial charge on any atom is -0.462 e. The molecule has 1 N–H and O–H groups in total. The molecule has 0 saturated carbocycles. The zero-order valence-electron chi connectivity index (χ0n) is 19.0. The Labute approximate surface area is 197 Å². The van der Waals surface area contributed by atoms with Crippen LogP contribution < -0.4 is 19.7 Å². The molecule has 2 aromatic rings. The van der Waals surface area contributed by atoms with Gasteiger partial charge in [-0.05, 0) is 56.2 Å². The van der Waals surface area contributed by atoms with Crippen LogP contribution in [0, 0.1) is 0 Å². The standard InChI is InChI=1S/C25H27N3O6/c1-2-32-25(31)16-3-6-19(7-4-16)28-23(29)14-20(24(28)30)27-11-9-17(10-12-27)26-18-5-8-21-22(13-18)34-15-33-21/h3-8,13,17,20,26H,2,9-12,14-15H2,1H3. The Morgan fingerprint density at radius 3 is 2.53 bits per heavy atom. The Morgan fingerprint density at radius 2 is 1.79 bits per heavy atom. The second-order valence-electron chi connectivity index (χ2n) is 8.58. The highest BCUT2D eigenvalue weighted by molar-refractivity contribution is 6.22. The molecule has 3 aliphatic heterocycles. The summed E-state index contributed by atoms with van der Waals surface area (Å²) >= 11 is 0. The molecule has 9 nitrogen and oxygen atoms in total. The first-order valence-corrected chi connectivity index (χ1v) is 11.6. The van der Waals surface area contributed by atoms with Crippen LogP contribution in [0.4, 0.5) is 11.4 Å². The number of fused-ring (bicyclic) bond motifs is 1. The van der Waals surface area contributed by atoms with E-state index in [1.54, 1.807) is 31.2 Å². The second-order valence-corrected chi connectivity index (χ2v) is 8.58. The van der Waals surface area contributed by atoms with Crippen molar-refractivity contribution >= 4 is 29.2 Å². The van der Waals surface area contributed by atoms with Crippen LogP contribution in [0.3, 0.4) is 0 Å². The number of amides is 2. The molecular weight excluding hydrogens is 438 g/mol. The highest BCUT2D eigenvalue weighted by Gasteiger charge is 2.43. The predicted octanol–water partition coefficient (Wildman–Crippen LogP) is 2.80. The summed E-state index contributed by atoms with van der Waals surface area (Å²) in [4.78, 5) is 41.1. The molecule has 3 heterocycles. The lowest BCUT2D eigenvalue weighted by Crippen LogP contribution is -2.48. The SMILES string of the molecule is CCOC(=O)c1ccc(N2C(=O)CC(N3CCC(Nc4ccc5c(c4)OCO5)CC3)C2=O)cc1. The van der Waals surface area contributed by atoms with E-state index in [-0.39, 0.29) is 37.7 Å². The molecular formula is C25H27N3O6. The van der Waals surface area contributed by atoms with Crippen LogP contribution in [0.1, 0.15) is 36.5 Å². The van der Waals surface area contributed by atoms with Crippen LogP contribution in [-0.2, 0) is 14.3 Å². The van der Waals surface area contributed by atoms with Crippen molar-refractivity contribution in [2.75, 3.05) is 36.7 Å². The zero-order chi connectivity index (χ0) is 23.7. The molecule has 0 aliphatic carbocycles. The third kappa shape index (κ3) is 4.31. The molecule has 2 fully saturated rings. The van der Waals surface area contributed by atoms with Crippen LogP contribution in [0.2, 0.25) is 0 Å². The number of carbonyl (C=O) groups excluding carboxylic acids is 3. The zero-order valence-corrected chi connectivity index (χ0v) is 19.0. The van der Waals surface area contributed by atoms with Gasteiger partial charge in [-0.1, -0.05) is 0 Å². The summed E-state index contributed by atoms with van der Waals surface area (Å²) in [7, 11) is 0. The number of nitrogens with zero attached hydrogens (tertiary/aromatic N) is 2. The monoisotopic (exact) mass is 465 g/mol. The van der Waals surface area contributed by atoms with Gasteiger partial charge in [-0.3, -0.25) is 14.5 Å². The van der Waals surface area contributed by atoms with Gasteiger partial charge in [0.2, 0.25) is 12.7 Å². The summed E-state index contributed by atoms with van der Waals surface area (Å²) < 4.78 is 15.8. The minimum absolute atomic E-state index is 0.165. The number of rotatable bonds is 6. The normalized spacial score (nSPS) is 20.6. The summed E-state index contributed by atoms with van der Waals surface area (Å²) in [6, 6.07) is 12.0. The van der Waals surface area contributed by atoms with Crippen molar-refractivity contribution in [2.24, 2.45) is 0 Å². The number of likely N-dealkylation sites (tertiary alicyclic amines) is 1. The van der Waals surface area contributed by atoms with Gasteiger partial charge in [-0.2, -0.15) is 0 Å². The molecule has 178 valence electrons. The maximum absolute atomic E-state index is 13.1. The quantitative estimate of drug-likeness (QED) is 0.514. The first-order valence-electron chi connectivity index (χ1n) is 11.6. The molecule has 2 aromatic carbocycles. The van der Waals surface area contributed by atoms with Crippen molar-refractivity contribution in [1.82, 2.24) is 4.90 Å². The van der Waals surface area contributed by atoms with E-state index >= 15 is 0 Å². The van der Waals surface area contributed by atoms with E-state index in [4.69, 9.17) is 14.2 Å². The van der Waals surface area contributed by atoms with Gasteiger partial charge in [0.1, 0.15) is 0 Å². The summed E-state index contributed by atoms with van der Waals surface area (Å²) in [5.41, 5.74) is 1.84. The highest BCUT2D eigenvalue weighted by atomic mass is 16.7. The lowest BCUT2D eigenvalue weighted by molar-refractivity contribution is -0.123. The molecule has 3 aliphatic rings. The lowest BCUT2D eigenvalue weighted by atomic mass is 10.0. The number of esters is 1. The smallest absolute Gasteiger partial charge is 0.338 e. The van der Waals surface area contributed by atoms with Gasteiger partial charge in [0.15, 0.2) is 11.5 Å². The molecule has 2 amide bonds. The molecule has 1 atom stereocenters. The number of benzene rings is 2. The van der Waals surface area contributed by atoms with Crippen LogP contribution >= 0.6 is 0 Å². The largest absolute Gasteiger partial charge is 0.462 e. The van der Waals surface area contributed by atoms with Crippen molar-refractivity contribution in [1.29, 1.82) is 0 Å². The Kier molecular flexibility index (Phi) is 6.10. The maximum atomic E-state index is 13.1. The molecule has 0 radical (unpaired) electrons. The van der Waals surface area contributed by atoms with Crippen molar-refractivity contribution in [2.45, 2.75) is 38.3 Å². The van der Waals surface area contributed by atoms with E-state index in [2.05, 4.69) is 10.2 Å². The number of hydrogen-bond donors (Lipinski definition) is 1. The van der Waals surface area contributed by atoms with Crippen LogP contribution in [0.25, 0.3) is 0 Å². The van der Waals surface area contributed by atoms with E-state index in [1.807, 2.05) is 18.2 Å². The van der Waals surface area contributed by atoms with Gasteiger partial charge in [0, 0.05) is 30.9 Å². The number of carbonyl (C=O) groups is 3. The Hall–Kier alpha value is -3.59. The van der Waals surface area contributed by atoms with Gasteiger partial charge >= 0.3 is 5.97 Å². The van der Waals surface area contributed by atoms with Gasteiger partial charge in [0.05, 0.1) is 30.3 Å². The number of ether oxygens (including phenoxy) is 3. The summed E-state index contributed by atoms with van der Waals surface area (Å²) in [5.74, 6) is 0.636. The van der Waals surface area contributed by atoms with E-state index in [1.165, 1.54) is 4.90 Å². The first kappa shape index (κ1) is 22.2. The van der Waals surface area contributed by atoms with Crippen molar-refractivity contribution in [3.8, 4) is 11.5 Å². The van der Waals surface area contributed by atoms with E-state index in [9.17, 15) is 14.4 Å². The van der Waals surface area contributed by atoms with Crippen molar-refractivity contribution in [3.05, 3.63) is 48.0 Å². The molecule has 0 spiro atoms. The Bertz CT molecular complexity index is 1090. The molecule has 34 heavy (non-hydrogen) atoms. The van der Waals surface area contributed by atoms with Crippen molar-refractivity contribution in [3.63, 3.8) is 0 Å². The molecule has 5 rings (SSSR count). The van der Waals surface area contributed by atoms with E-state index < -0.39 is 12.0 Å². The molecule has 0 aromatic heterocycles. The van der Waals surface area contributed by atoms with Gasteiger partial charge in [-0.15, -0.1) is 0 Å². The molecule has 9 heteroatoms. The third-order valence-corrected chi connectivity index (χ3v) is 6.47. The fourth-order valence-corrected chi connectivity index (χ4v) is 4.71. The third-order valence-electron chi connectivity index (χ3n) is 6.47. The average Bonchev–Trinajstić information content (AvgIpc) is 3.43. The van der Waals surface area contributed by atoms with Gasteiger partial charge in [-0.25, -0.2) is 9.69 Å². The first-order chi connectivity index (χ1) is 16.5. The van der Waals surface area contributed by atoms with Gasteiger partial charge < -0.3 is 19.5 Å². The predicted molar refractivity (Wildman–Crippen MR) is 124 cm³/mol. The number of anilines is 2. The number of nitrogens with one attached hydrogen (secondary N) is 1. The Morgan fingerprint density at radius 1 is 1.06 bits per heavy atom. The maximum Gasteiger partial charge on any atom is 0.338 e. The molecule has 2 saturated heterocycles. The topological polar surface area (TPSA) is 97.4 Å². The van der Waals surface area contributed by atoms with Crippen LogP contribution in [-0.4, -0.2) is 61.3 Å². The average molecular weight is 466 g/mol. The molecule has 0 bridgehead atoms. The minimum atomic E-state index is -0.455. The highest BCUT2D eigenvalue weighted by Crippen LogP contribution is 2.35. The second kappa shape index (κ2) is 9.34. The summed E-state index contributed by atoms with van der Waals surface area (Å²) in [6.45, 7) is 3.72. The van der Waals surface area contributed by atoms with Crippen LogP contribution in [0.15, 0.2) is 42.5 Å². The number of piperidine rings is 1.